The van der Waals surface area contributed by atoms with Crippen molar-refractivity contribution in [1.29, 1.82) is 0 Å². The average molecular weight is 572 g/mol. The first-order chi connectivity index (χ1) is 19.0. The molecule has 214 valence electrons. The zero-order valence-corrected chi connectivity index (χ0v) is 24.0. The molecule has 0 bridgehead atoms. The van der Waals surface area contributed by atoms with Crippen LogP contribution in [0.15, 0.2) is 71.6 Å². The molecule has 40 heavy (non-hydrogen) atoms. The summed E-state index contributed by atoms with van der Waals surface area (Å²) in [6.07, 6.45) is 0. The number of nitrogens with one attached hydrogen (secondary N) is 1. The van der Waals surface area contributed by atoms with Crippen molar-refractivity contribution in [3.63, 3.8) is 0 Å². The standard InChI is InChI=1S/C29H34FN3O6S/c1-6-31-29(35)21(3)32(18-22-9-11-23(30)12-10-22)28(34)19-33(24-13-16-26(38-4)27(17-24)39-5)40(36,37)25-14-7-20(2)8-15-25/h7-17,21H,6,18-19H2,1-5H3,(H,31,35)/t21-/m1/s1. The van der Waals surface area contributed by atoms with Crippen LogP contribution in [0, 0.1) is 12.7 Å². The number of ether oxygens (including phenoxy) is 2. The number of carbonyl (C=O) groups is 2. The van der Waals surface area contributed by atoms with Crippen LogP contribution in [0.4, 0.5) is 10.1 Å². The summed E-state index contributed by atoms with van der Waals surface area (Å²) < 4.78 is 53.0. The highest BCUT2D eigenvalue weighted by atomic mass is 32.2. The fourth-order valence-electron chi connectivity index (χ4n) is 4.04. The first-order valence-electron chi connectivity index (χ1n) is 12.6. The molecule has 0 aliphatic heterocycles. The number of nitrogens with zero attached hydrogens (tertiary/aromatic N) is 2. The molecule has 1 atom stereocenters. The second kappa shape index (κ2) is 13.3. The van der Waals surface area contributed by atoms with Crippen LogP contribution in [-0.2, 0) is 26.2 Å². The molecule has 0 aliphatic rings. The molecule has 0 heterocycles. The lowest BCUT2D eigenvalue weighted by Crippen LogP contribution is -2.51. The molecule has 0 saturated heterocycles. The summed E-state index contributed by atoms with van der Waals surface area (Å²) in [5.74, 6) is -0.823. The first-order valence-corrected chi connectivity index (χ1v) is 14.1. The summed E-state index contributed by atoms with van der Waals surface area (Å²) >= 11 is 0. The zero-order chi connectivity index (χ0) is 29.4. The normalized spacial score (nSPS) is 11.8. The Morgan fingerprint density at radius 1 is 0.950 bits per heavy atom. The van der Waals surface area contributed by atoms with E-state index >= 15 is 0 Å². The van der Waals surface area contributed by atoms with Gasteiger partial charge >= 0.3 is 0 Å². The fraction of sp³-hybridized carbons (Fsp3) is 0.310. The van der Waals surface area contributed by atoms with Crippen LogP contribution < -0.4 is 19.1 Å². The lowest BCUT2D eigenvalue weighted by atomic mass is 10.1. The SMILES string of the molecule is CCNC(=O)[C@@H](C)N(Cc1ccc(F)cc1)C(=O)CN(c1ccc(OC)c(OC)c1)S(=O)(=O)c1ccc(C)cc1. The number of hydrogen-bond acceptors (Lipinski definition) is 6. The number of halogens is 1. The molecule has 0 saturated carbocycles. The van der Waals surface area contributed by atoms with Crippen LogP contribution in [0.3, 0.4) is 0 Å². The summed E-state index contributed by atoms with van der Waals surface area (Å²) in [6, 6.07) is 15.4. The van der Waals surface area contributed by atoms with Gasteiger partial charge in [-0.15, -0.1) is 0 Å². The van der Waals surface area contributed by atoms with Crippen LogP contribution in [0.1, 0.15) is 25.0 Å². The highest BCUT2D eigenvalue weighted by Crippen LogP contribution is 2.34. The zero-order valence-electron chi connectivity index (χ0n) is 23.2. The number of amides is 2. The number of methoxy groups -OCH3 is 2. The molecule has 0 fully saturated rings. The smallest absolute Gasteiger partial charge is 0.264 e. The first kappa shape index (κ1) is 30.4. The third kappa shape index (κ3) is 7.09. The van der Waals surface area contributed by atoms with Gasteiger partial charge in [-0.25, -0.2) is 12.8 Å². The van der Waals surface area contributed by atoms with E-state index in [1.165, 1.54) is 67.7 Å². The topological polar surface area (TPSA) is 105 Å². The molecule has 0 unspecified atom stereocenters. The average Bonchev–Trinajstić information content (AvgIpc) is 2.95. The molecule has 0 aromatic heterocycles. The quantitative estimate of drug-likeness (QED) is 0.354. The third-order valence-corrected chi connectivity index (χ3v) is 8.12. The molecule has 0 radical (unpaired) electrons. The Labute approximate surface area is 234 Å². The maximum absolute atomic E-state index is 13.9. The van der Waals surface area contributed by atoms with E-state index in [0.29, 0.717) is 17.9 Å². The van der Waals surface area contributed by atoms with Crippen LogP contribution in [0.5, 0.6) is 11.5 Å². The van der Waals surface area contributed by atoms with Crippen LogP contribution in [-0.4, -0.2) is 58.5 Å². The lowest BCUT2D eigenvalue weighted by molar-refractivity contribution is -0.139. The number of benzene rings is 3. The van der Waals surface area contributed by atoms with E-state index < -0.39 is 40.2 Å². The lowest BCUT2D eigenvalue weighted by Gasteiger charge is -2.32. The molecule has 0 spiro atoms. The Hall–Kier alpha value is -4.12. The van der Waals surface area contributed by atoms with Gasteiger partial charge in [-0.05, 0) is 62.7 Å². The Kier molecular flexibility index (Phi) is 10.1. The van der Waals surface area contributed by atoms with E-state index in [-0.39, 0.29) is 22.9 Å². The van der Waals surface area contributed by atoms with Gasteiger partial charge in [0.1, 0.15) is 18.4 Å². The van der Waals surface area contributed by atoms with E-state index in [1.807, 2.05) is 6.92 Å². The molecule has 2 amide bonds. The minimum absolute atomic E-state index is 0.0115. The van der Waals surface area contributed by atoms with Gasteiger partial charge in [0.2, 0.25) is 11.8 Å². The monoisotopic (exact) mass is 571 g/mol. The van der Waals surface area contributed by atoms with Gasteiger partial charge in [-0.3, -0.25) is 13.9 Å². The number of anilines is 1. The molecule has 0 aliphatic carbocycles. The predicted octanol–water partition coefficient (Wildman–Crippen LogP) is 3.90. The molecule has 3 aromatic rings. The van der Waals surface area contributed by atoms with Gasteiger partial charge in [0.05, 0.1) is 24.8 Å². The van der Waals surface area contributed by atoms with Gasteiger partial charge < -0.3 is 19.7 Å². The number of aryl methyl sites for hydroxylation is 1. The summed E-state index contributed by atoms with van der Waals surface area (Å²) in [5, 5.41) is 2.69. The van der Waals surface area contributed by atoms with E-state index in [4.69, 9.17) is 9.47 Å². The van der Waals surface area contributed by atoms with Crippen molar-refractivity contribution in [3.05, 3.63) is 83.7 Å². The highest BCUT2D eigenvalue weighted by Gasteiger charge is 2.33. The summed E-state index contributed by atoms with van der Waals surface area (Å²) in [4.78, 5) is 27.9. The minimum Gasteiger partial charge on any atom is -0.493 e. The van der Waals surface area contributed by atoms with Crippen molar-refractivity contribution in [2.75, 3.05) is 31.6 Å². The van der Waals surface area contributed by atoms with Crippen LogP contribution in [0.2, 0.25) is 0 Å². The van der Waals surface area contributed by atoms with Crippen molar-refractivity contribution in [2.24, 2.45) is 0 Å². The summed E-state index contributed by atoms with van der Waals surface area (Å²) in [5.41, 5.74) is 1.61. The number of hydrogen-bond donors (Lipinski definition) is 1. The number of likely N-dealkylation sites (N-methyl/N-ethyl adjacent to an activating group) is 1. The third-order valence-electron chi connectivity index (χ3n) is 6.33. The maximum Gasteiger partial charge on any atom is 0.264 e. The van der Waals surface area contributed by atoms with Crippen molar-refractivity contribution in [3.8, 4) is 11.5 Å². The van der Waals surface area contributed by atoms with E-state index in [9.17, 15) is 22.4 Å². The largest absolute Gasteiger partial charge is 0.493 e. The molecule has 3 rings (SSSR count). The Morgan fingerprint density at radius 2 is 1.57 bits per heavy atom. The second-order valence-electron chi connectivity index (χ2n) is 9.08. The van der Waals surface area contributed by atoms with E-state index in [1.54, 1.807) is 32.0 Å². The van der Waals surface area contributed by atoms with Crippen molar-refractivity contribution >= 4 is 27.5 Å². The Bertz CT molecular complexity index is 1430. The highest BCUT2D eigenvalue weighted by molar-refractivity contribution is 7.92. The summed E-state index contributed by atoms with van der Waals surface area (Å²) in [7, 11) is -1.36. The Morgan fingerprint density at radius 3 is 2.15 bits per heavy atom. The molecular weight excluding hydrogens is 537 g/mol. The molecule has 3 aromatic carbocycles. The molecular formula is C29H34FN3O6S. The Balaban J connectivity index is 2.08. The summed E-state index contributed by atoms with van der Waals surface area (Å²) in [6.45, 7) is 4.84. The van der Waals surface area contributed by atoms with Gasteiger partial charge in [0.15, 0.2) is 11.5 Å². The van der Waals surface area contributed by atoms with Gasteiger partial charge in [-0.1, -0.05) is 29.8 Å². The maximum atomic E-state index is 13.9. The number of rotatable bonds is 12. The molecule has 9 nitrogen and oxygen atoms in total. The number of carbonyl (C=O) groups excluding carboxylic acids is 2. The van der Waals surface area contributed by atoms with E-state index in [0.717, 1.165) is 9.87 Å². The molecule has 1 N–H and O–H groups in total. The van der Waals surface area contributed by atoms with Crippen LogP contribution >= 0.6 is 0 Å². The van der Waals surface area contributed by atoms with Gasteiger partial charge in [0, 0.05) is 19.2 Å². The fourth-order valence-corrected chi connectivity index (χ4v) is 5.44. The molecule has 11 heteroatoms. The van der Waals surface area contributed by atoms with Crippen LogP contribution in [0.25, 0.3) is 0 Å². The van der Waals surface area contributed by atoms with Crippen molar-refractivity contribution < 1.29 is 31.9 Å². The van der Waals surface area contributed by atoms with E-state index in [2.05, 4.69) is 5.32 Å². The predicted molar refractivity (Wildman–Crippen MR) is 150 cm³/mol. The van der Waals surface area contributed by atoms with Crippen molar-refractivity contribution in [1.82, 2.24) is 10.2 Å². The van der Waals surface area contributed by atoms with Gasteiger partial charge in [-0.2, -0.15) is 0 Å². The second-order valence-corrected chi connectivity index (χ2v) is 10.9. The number of sulfonamides is 1. The minimum atomic E-state index is -4.24. The van der Waals surface area contributed by atoms with Gasteiger partial charge in [0.25, 0.3) is 10.0 Å². The van der Waals surface area contributed by atoms with Crippen molar-refractivity contribution in [2.45, 2.75) is 38.3 Å².